The summed E-state index contributed by atoms with van der Waals surface area (Å²) >= 11 is 0. The van der Waals surface area contributed by atoms with Crippen molar-refractivity contribution in [1.29, 1.82) is 0 Å². The van der Waals surface area contributed by atoms with E-state index in [0.717, 1.165) is 5.06 Å². The van der Waals surface area contributed by atoms with Crippen LogP contribution in [0.2, 0.25) is 0 Å². The van der Waals surface area contributed by atoms with Crippen molar-refractivity contribution in [3.8, 4) is 0 Å². The Morgan fingerprint density at radius 1 is 1.25 bits per heavy atom. The van der Waals surface area contributed by atoms with Gasteiger partial charge in [-0.3, -0.25) is 4.84 Å². The van der Waals surface area contributed by atoms with Crippen LogP contribution in [-0.4, -0.2) is 103 Å². The molecule has 3 saturated heterocycles. The van der Waals surface area contributed by atoms with Crippen LogP contribution in [0, 0.1) is 5.92 Å². The minimum Gasteiger partial charge on any atom is -0.393 e. The van der Waals surface area contributed by atoms with Gasteiger partial charge in [0.15, 0.2) is 12.3 Å². The molecule has 5 aliphatic rings. The zero-order chi connectivity index (χ0) is 17.7. The molecule has 0 radical (unpaired) electrons. The van der Waals surface area contributed by atoms with E-state index in [1.807, 2.05) is 0 Å². The first-order valence-electron chi connectivity index (χ1n) is 7.31. The van der Waals surface area contributed by atoms with Gasteiger partial charge in [0.25, 0.3) is 0 Å². The van der Waals surface area contributed by atoms with Gasteiger partial charge in [-0.25, -0.2) is 10.1 Å². The second kappa shape index (κ2) is 4.55. The van der Waals surface area contributed by atoms with E-state index in [0.29, 0.717) is 0 Å². The molecule has 9 atom stereocenters. The van der Waals surface area contributed by atoms with Crippen LogP contribution < -0.4 is 5.73 Å². The highest BCUT2D eigenvalue weighted by Crippen LogP contribution is 2.60. The maximum absolute atomic E-state index is 10.8. The summed E-state index contributed by atoms with van der Waals surface area (Å²) in [6, 6.07) is 0. The van der Waals surface area contributed by atoms with Gasteiger partial charge in [0.1, 0.15) is 29.5 Å². The minimum absolute atomic E-state index is 0.350. The number of aliphatic hydroxyl groups excluding tert-OH is 4. The largest absolute Gasteiger partial charge is 0.393 e. The van der Waals surface area contributed by atoms with E-state index in [4.69, 9.17) is 20.0 Å². The van der Waals surface area contributed by atoms with Crippen LogP contribution in [0.5, 0.6) is 0 Å². The zero-order valence-corrected chi connectivity index (χ0v) is 12.6. The minimum atomic E-state index is -2.60. The summed E-state index contributed by atoms with van der Waals surface area (Å²) in [6.07, 6.45) is -8.21. The summed E-state index contributed by atoms with van der Waals surface area (Å²) in [5.41, 5.74) is 1.67. The van der Waals surface area contributed by atoms with Gasteiger partial charge in [0, 0.05) is 0 Å². The van der Waals surface area contributed by atoms with Crippen LogP contribution in [-0.2, 0) is 14.3 Å². The average molecular weight is 349 g/mol. The standard InChI is InChI=1S/C12H19N3O9/c1-22-15-9(13)14-7(18)3-5-10(20,2-16)6-4(17)11(3,15)8(19)12(21,23-5)24-6/h3-8,16-21H,2H2,1H3,(H2,13,14)/t3-,4?,5-,6+,7-,8+,10+,11-,12+/m1/s1. The van der Waals surface area contributed by atoms with E-state index in [9.17, 15) is 30.6 Å². The molecule has 4 fully saturated rings. The number of hydrogen-bond donors (Lipinski definition) is 7. The molecule has 12 nitrogen and oxygen atoms in total. The van der Waals surface area contributed by atoms with Crippen LogP contribution in [0.4, 0.5) is 0 Å². The van der Waals surface area contributed by atoms with Gasteiger partial charge in [0.2, 0.25) is 5.96 Å². The van der Waals surface area contributed by atoms with Crippen molar-refractivity contribution < 1.29 is 45.0 Å². The monoisotopic (exact) mass is 349 g/mol. The Bertz CT molecular complexity index is 606. The lowest BCUT2D eigenvalue weighted by molar-refractivity contribution is -0.563. The number of nitrogens with two attached hydrogens (primary N) is 1. The Kier molecular flexibility index (Phi) is 3.10. The summed E-state index contributed by atoms with van der Waals surface area (Å²) < 4.78 is 10.4. The molecule has 12 heteroatoms. The van der Waals surface area contributed by atoms with Gasteiger partial charge in [-0.05, 0) is 0 Å². The number of ether oxygens (including phenoxy) is 2. The van der Waals surface area contributed by atoms with E-state index in [1.165, 1.54) is 7.11 Å². The molecule has 4 heterocycles. The lowest BCUT2D eigenvalue weighted by Crippen LogP contribution is -2.95. The Morgan fingerprint density at radius 3 is 2.46 bits per heavy atom. The van der Waals surface area contributed by atoms with Crippen LogP contribution in [0.25, 0.3) is 0 Å². The second-order valence-electron chi connectivity index (χ2n) is 6.50. The molecule has 24 heavy (non-hydrogen) atoms. The van der Waals surface area contributed by atoms with Gasteiger partial charge in [0.05, 0.1) is 19.6 Å². The van der Waals surface area contributed by atoms with Gasteiger partial charge in [-0.15, -0.1) is 0 Å². The van der Waals surface area contributed by atoms with Crippen molar-refractivity contribution in [2.75, 3.05) is 13.7 Å². The molecule has 8 N–H and O–H groups in total. The molecular weight excluding hydrogens is 330 g/mol. The fourth-order valence-electron chi connectivity index (χ4n) is 4.59. The highest BCUT2D eigenvalue weighted by atomic mass is 16.9. The summed E-state index contributed by atoms with van der Waals surface area (Å²) in [7, 11) is 1.19. The predicted molar refractivity (Wildman–Crippen MR) is 71.4 cm³/mol. The highest BCUT2D eigenvalue weighted by Gasteiger charge is 2.85. The molecule has 0 aromatic heterocycles. The normalized spacial score (nSPS) is 58.6. The smallest absolute Gasteiger partial charge is 0.311 e. The first-order chi connectivity index (χ1) is 11.2. The van der Waals surface area contributed by atoms with Gasteiger partial charge >= 0.3 is 5.97 Å². The average Bonchev–Trinajstić information content (AvgIpc) is 2.52. The molecule has 136 valence electrons. The fourth-order valence-corrected chi connectivity index (χ4v) is 4.59. The summed E-state index contributed by atoms with van der Waals surface area (Å²) in [5.74, 6) is -4.23. The molecule has 0 aromatic rings. The van der Waals surface area contributed by atoms with Crippen molar-refractivity contribution in [1.82, 2.24) is 5.06 Å². The molecule has 0 amide bonds. The predicted octanol–water partition coefficient (Wildman–Crippen LogP) is -5.25. The molecular formula is C12H19N3O9. The van der Waals surface area contributed by atoms with Crippen molar-refractivity contribution >= 4 is 5.96 Å². The number of rotatable bonds is 2. The third-order valence-electron chi connectivity index (χ3n) is 5.56. The molecule has 1 saturated carbocycles. The summed E-state index contributed by atoms with van der Waals surface area (Å²) in [6.45, 7) is -0.892. The Balaban J connectivity index is 1.99. The topological polar surface area (TPSA) is 191 Å². The van der Waals surface area contributed by atoms with Crippen LogP contribution in [0.3, 0.4) is 0 Å². The number of aliphatic imine (C=N–C) groups is 1. The van der Waals surface area contributed by atoms with Crippen molar-refractivity contribution in [2.24, 2.45) is 16.6 Å². The maximum Gasteiger partial charge on any atom is 0.311 e. The molecule has 1 unspecified atom stereocenters. The number of guanidine groups is 1. The SMILES string of the molecule is CON1C(N)=N[C@H](O)[C@H]2[C@H]3O[C@]4(O)O[C@@H](C(O)[C@@]21[C@@H]4O)[C@]3(O)CO. The number of aliphatic hydroxyl groups is 6. The molecule has 4 aliphatic heterocycles. The van der Waals surface area contributed by atoms with E-state index in [2.05, 4.69) is 4.99 Å². The van der Waals surface area contributed by atoms with Gasteiger partial charge < -0.3 is 45.8 Å². The lowest BCUT2D eigenvalue weighted by Gasteiger charge is -2.72. The second-order valence-corrected chi connectivity index (χ2v) is 6.50. The molecule has 1 spiro atoms. The fraction of sp³-hybridized carbons (Fsp3) is 0.917. The van der Waals surface area contributed by atoms with E-state index in [-0.39, 0.29) is 5.96 Å². The summed E-state index contributed by atoms with van der Waals surface area (Å²) in [4.78, 5) is 8.90. The Labute approximate surface area is 135 Å². The first-order valence-corrected chi connectivity index (χ1v) is 7.31. The third-order valence-corrected chi connectivity index (χ3v) is 5.56. The number of hydrogen-bond acceptors (Lipinski definition) is 12. The quantitative estimate of drug-likeness (QED) is 0.252. The Morgan fingerprint density at radius 2 is 1.88 bits per heavy atom. The third kappa shape index (κ3) is 1.44. The number of hydroxylamine groups is 2. The highest BCUT2D eigenvalue weighted by molar-refractivity contribution is 5.79. The van der Waals surface area contributed by atoms with Gasteiger partial charge in [-0.2, -0.15) is 0 Å². The molecule has 5 rings (SSSR count). The van der Waals surface area contributed by atoms with Crippen LogP contribution >= 0.6 is 0 Å². The van der Waals surface area contributed by atoms with Crippen LogP contribution in [0.15, 0.2) is 4.99 Å². The first kappa shape index (κ1) is 16.4. The van der Waals surface area contributed by atoms with E-state index >= 15 is 0 Å². The van der Waals surface area contributed by atoms with Crippen molar-refractivity contribution in [2.45, 2.75) is 47.8 Å². The van der Waals surface area contributed by atoms with E-state index in [1.54, 1.807) is 0 Å². The zero-order valence-electron chi connectivity index (χ0n) is 12.6. The maximum atomic E-state index is 10.8. The van der Waals surface area contributed by atoms with E-state index < -0.39 is 60.3 Å². The van der Waals surface area contributed by atoms with Gasteiger partial charge in [-0.1, -0.05) is 0 Å². The Hall–Kier alpha value is -1.09. The molecule has 4 bridgehead atoms. The lowest BCUT2D eigenvalue weighted by atomic mass is 9.55. The number of nitrogens with zero attached hydrogens (tertiary/aromatic N) is 2. The van der Waals surface area contributed by atoms with Crippen molar-refractivity contribution in [3.05, 3.63) is 0 Å². The summed E-state index contributed by atoms with van der Waals surface area (Å²) in [5, 5.41) is 63.6. The van der Waals surface area contributed by atoms with Crippen molar-refractivity contribution in [3.63, 3.8) is 0 Å². The van der Waals surface area contributed by atoms with Crippen LogP contribution in [0.1, 0.15) is 0 Å². The molecule has 1 aliphatic carbocycles. The molecule has 0 aromatic carbocycles.